The standard InChI is InChI=1S/C9H11F2NO/c1-13-8(5-12)6-3-2-4-7(10)9(6)11/h2-4,8H,5,12H2,1H3. The zero-order valence-electron chi connectivity index (χ0n) is 7.26. The van der Waals surface area contributed by atoms with E-state index in [1.165, 1.54) is 19.2 Å². The Morgan fingerprint density at radius 3 is 2.69 bits per heavy atom. The summed E-state index contributed by atoms with van der Waals surface area (Å²) in [5.41, 5.74) is 5.48. The summed E-state index contributed by atoms with van der Waals surface area (Å²) in [6.45, 7) is 0.122. The molecule has 0 aliphatic heterocycles. The molecule has 0 aliphatic rings. The van der Waals surface area contributed by atoms with Crippen LogP contribution in [-0.4, -0.2) is 13.7 Å². The van der Waals surface area contributed by atoms with Gasteiger partial charge in [-0.05, 0) is 6.07 Å². The molecule has 0 saturated heterocycles. The Morgan fingerprint density at radius 2 is 2.15 bits per heavy atom. The Kier molecular flexibility index (Phi) is 3.33. The highest BCUT2D eigenvalue weighted by Crippen LogP contribution is 2.20. The highest BCUT2D eigenvalue weighted by atomic mass is 19.2. The number of methoxy groups -OCH3 is 1. The molecule has 1 unspecified atom stereocenters. The van der Waals surface area contributed by atoms with Crippen molar-refractivity contribution in [1.29, 1.82) is 0 Å². The molecule has 0 amide bonds. The number of halogens is 2. The number of rotatable bonds is 3. The van der Waals surface area contributed by atoms with Gasteiger partial charge in [-0.25, -0.2) is 8.78 Å². The molecule has 2 nitrogen and oxygen atoms in total. The van der Waals surface area contributed by atoms with Crippen LogP contribution in [0, 0.1) is 11.6 Å². The fourth-order valence-electron chi connectivity index (χ4n) is 1.12. The highest BCUT2D eigenvalue weighted by Gasteiger charge is 2.15. The van der Waals surface area contributed by atoms with Gasteiger partial charge in [0.25, 0.3) is 0 Å². The van der Waals surface area contributed by atoms with Gasteiger partial charge in [-0.1, -0.05) is 12.1 Å². The maximum Gasteiger partial charge on any atom is 0.164 e. The molecule has 1 aromatic rings. The minimum Gasteiger partial charge on any atom is -0.375 e. The summed E-state index contributed by atoms with van der Waals surface area (Å²) in [7, 11) is 1.40. The maximum absolute atomic E-state index is 13.1. The molecule has 72 valence electrons. The van der Waals surface area contributed by atoms with E-state index in [4.69, 9.17) is 10.5 Å². The molecule has 0 bridgehead atoms. The van der Waals surface area contributed by atoms with Crippen molar-refractivity contribution >= 4 is 0 Å². The van der Waals surface area contributed by atoms with Gasteiger partial charge in [-0.2, -0.15) is 0 Å². The van der Waals surface area contributed by atoms with Crippen molar-refractivity contribution in [3.63, 3.8) is 0 Å². The SMILES string of the molecule is COC(CN)c1cccc(F)c1F. The fourth-order valence-corrected chi connectivity index (χ4v) is 1.12. The largest absolute Gasteiger partial charge is 0.375 e. The van der Waals surface area contributed by atoms with Crippen LogP contribution in [-0.2, 0) is 4.74 Å². The van der Waals surface area contributed by atoms with Crippen LogP contribution in [0.25, 0.3) is 0 Å². The van der Waals surface area contributed by atoms with E-state index in [0.717, 1.165) is 6.07 Å². The number of benzene rings is 1. The number of nitrogens with two attached hydrogens (primary N) is 1. The summed E-state index contributed by atoms with van der Waals surface area (Å²) in [5.74, 6) is -1.77. The molecular weight excluding hydrogens is 176 g/mol. The van der Waals surface area contributed by atoms with Gasteiger partial charge in [-0.15, -0.1) is 0 Å². The predicted molar refractivity (Wildman–Crippen MR) is 45.2 cm³/mol. The van der Waals surface area contributed by atoms with E-state index in [2.05, 4.69) is 0 Å². The average molecular weight is 187 g/mol. The minimum atomic E-state index is -0.889. The number of hydrogen-bond acceptors (Lipinski definition) is 2. The lowest BCUT2D eigenvalue weighted by Crippen LogP contribution is -2.16. The third kappa shape index (κ3) is 2.02. The Bertz CT molecular complexity index is 287. The van der Waals surface area contributed by atoms with Crippen LogP contribution in [0.2, 0.25) is 0 Å². The zero-order valence-corrected chi connectivity index (χ0v) is 7.26. The molecule has 0 aliphatic carbocycles. The first-order chi connectivity index (χ1) is 6.20. The second-order valence-electron chi connectivity index (χ2n) is 2.60. The lowest BCUT2D eigenvalue weighted by molar-refractivity contribution is 0.106. The van der Waals surface area contributed by atoms with Crippen LogP contribution in [0.1, 0.15) is 11.7 Å². The number of hydrogen-bond donors (Lipinski definition) is 1. The van der Waals surface area contributed by atoms with E-state index in [1.807, 2.05) is 0 Å². The molecule has 0 aromatic heterocycles. The molecule has 13 heavy (non-hydrogen) atoms. The molecule has 1 aromatic carbocycles. The van der Waals surface area contributed by atoms with Crippen molar-refractivity contribution in [3.8, 4) is 0 Å². The first kappa shape index (κ1) is 10.1. The van der Waals surface area contributed by atoms with Crippen molar-refractivity contribution in [1.82, 2.24) is 0 Å². The molecule has 0 saturated carbocycles. The minimum absolute atomic E-state index is 0.122. The second kappa shape index (κ2) is 4.30. The fraction of sp³-hybridized carbons (Fsp3) is 0.333. The van der Waals surface area contributed by atoms with Crippen LogP contribution in [0.5, 0.6) is 0 Å². The normalized spacial score (nSPS) is 12.9. The van der Waals surface area contributed by atoms with Crippen molar-refractivity contribution in [3.05, 3.63) is 35.4 Å². The Morgan fingerprint density at radius 1 is 1.46 bits per heavy atom. The van der Waals surface area contributed by atoms with Crippen molar-refractivity contribution < 1.29 is 13.5 Å². The topological polar surface area (TPSA) is 35.2 Å². The summed E-state index contributed by atoms with van der Waals surface area (Å²) in [6, 6.07) is 3.94. The average Bonchev–Trinajstić information content (AvgIpc) is 2.14. The lowest BCUT2D eigenvalue weighted by Gasteiger charge is -2.13. The van der Waals surface area contributed by atoms with Gasteiger partial charge in [0.05, 0.1) is 6.10 Å². The molecule has 0 heterocycles. The van der Waals surface area contributed by atoms with E-state index in [1.54, 1.807) is 0 Å². The molecule has 0 spiro atoms. The third-order valence-electron chi connectivity index (χ3n) is 1.83. The molecule has 1 atom stereocenters. The van der Waals surface area contributed by atoms with Gasteiger partial charge in [-0.3, -0.25) is 0 Å². The number of ether oxygens (including phenoxy) is 1. The Balaban J connectivity index is 3.05. The molecular formula is C9H11F2NO. The smallest absolute Gasteiger partial charge is 0.164 e. The third-order valence-corrected chi connectivity index (χ3v) is 1.83. The van der Waals surface area contributed by atoms with Crippen LogP contribution in [0.4, 0.5) is 8.78 Å². The van der Waals surface area contributed by atoms with Crippen LogP contribution in [0.3, 0.4) is 0 Å². The summed E-state index contributed by atoms with van der Waals surface area (Å²) in [4.78, 5) is 0. The van der Waals surface area contributed by atoms with Crippen molar-refractivity contribution in [2.75, 3.05) is 13.7 Å². The maximum atomic E-state index is 13.1. The lowest BCUT2D eigenvalue weighted by atomic mass is 10.1. The van der Waals surface area contributed by atoms with Gasteiger partial charge in [0, 0.05) is 19.2 Å². The van der Waals surface area contributed by atoms with E-state index in [-0.39, 0.29) is 12.1 Å². The first-order valence-corrected chi connectivity index (χ1v) is 3.87. The molecule has 4 heteroatoms. The molecule has 2 N–H and O–H groups in total. The molecule has 0 radical (unpaired) electrons. The molecule has 0 fully saturated rings. The van der Waals surface area contributed by atoms with Gasteiger partial charge in [0.15, 0.2) is 11.6 Å². The van der Waals surface area contributed by atoms with Crippen molar-refractivity contribution in [2.24, 2.45) is 5.73 Å². The predicted octanol–water partition coefficient (Wildman–Crippen LogP) is 1.61. The second-order valence-corrected chi connectivity index (χ2v) is 2.60. The Hall–Kier alpha value is -1.00. The summed E-state index contributed by atoms with van der Waals surface area (Å²) >= 11 is 0. The van der Waals surface area contributed by atoms with E-state index in [0.29, 0.717) is 0 Å². The van der Waals surface area contributed by atoms with Gasteiger partial charge in [0.1, 0.15) is 0 Å². The van der Waals surface area contributed by atoms with E-state index < -0.39 is 17.7 Å². The van der Waals surface area contributed by atoms with Crippen LogP contribution in [0.15, 0.2) is 18.2 Å². The van der Waals surface area contributed by atoms with Gasteiger partial charge < -0.3 is 10.5 Å². The first-order valence-electron chi connectivity index (χ1n) is 3.87. The summed E-state index contributed by atoms with van der Waals surface area (Å²) < 4.78 is 30.7. The van der Waals surface area contributed by atoms with E-state index in [9.17, 15) is 8.78 Å². The molecule has 1 rings (SSSR count). The Labute approximate surface area is 75.3 Å². The van der Waals surface area contributed by atoms with Gasteiger partial charge >= 0.3 is 0 Å². The van der Waals surface area contributed by atoms with E-state index >= 15 is 0 Å². The van der Waals surface area contributed by atoms with Gasteiger partial charge in [0.2, 0.25) is 0 Å². The zero-order chi connectivity index (χ0) is 9.84. The van der Waals surface area contributed by atoms with Crippen LogP contribution < -0.4 is 5.73 Å². The quantitative estimate of drug-likeness (QED) is 0.780. The van der Waals surface area contributed by atoms with Crippen LogP contribution >= 0.6 is 0 Å². The summed E-state index contributed by atoms with van der Waals surface area (Å²) in [6.07, 6.45) is -0.587. The summed E-state index contributed by atoms with van der Waals surface area (Å²) in [5, 5.41) is 0. The van der Waals surface area contributed by atoms with Crippen molar-refractivity contribution in [2.45, 2.75) is 6.10 Å². The monoisotopic (exact) mass is 187 g/mol. The highest BCUT2D eigenvalue weighted by molar-refractivity contribution is 5.21.